The molecule has 0 atom stereocenters. The Balaban J connectivity index is 2.35. The molecule has 2 heterocycles. The number of para-hydroxylation sites is 1. The Morgan fingerprint density at radius 2 is 2.12 bits per heavy atom. The van der Waals surface area contributed by atoms with Gasteiger partial charge in [-0.15, -0.1) is 0 Å². The van der Waals surface area contributed by atoms with Gasteiger partial charge in [-0.2, -0.15) is 0 Å². The van der Waals surface area contributed by atoms with Gasteiger partial charge in [0.2, 0.25) is 0 Å². The molecule has 0 saturated heterocycles. The van der Waals surface area contributed by atoms with E-state index in [1.165, 1.54) is 0 Å². The van der Waals surface area contributed by atoms with Gasteiger partial charge in [-0.25, -0.2) is 4.98 Å². The zero-order valence-corrected chi connectivity index (χ0v) is 10.2. The zero-order chi connectivity index (χ0) is 11.1. The van der Waals surface area contributed by atoms with Crippen LogP contribution in [0.15, 0.2) is 45.9 Å². The standard InChI is InChI=1S/C12H9BrN2O/c1-15-7-14-12(13)11(15)9-6-16-10-5-3-2-4-8(9)10/h2-7H,1H3. The maximum atomic E-state index is 5.52. The molecule has 0 amide bonds. The van der Waals surface area contributed by atoms with Crippen LogP contribution >= 0.6 is 15.9 Å². The van der Waals surface area contributed by atoms with E-state index < -0.39 is 0 Å². The van der Waals surface area contributed by atoms with Crippen molar-refractivity contribution < 1.29 is 4.42 Å². The number of hydrogen-bond donors (Lipinski definition) is 0. The molecule has 0 radical (unpaired) electrons. The Hall–Kier alpha value is -1.55. The quantitative estimate of drug-likeness (QED) is 0.680. The van der Waals surface area contributed by atoms with E-state index in [4.69, 9.17) is 4.42 Å². The molecule has 0 N–H and O–H groups in total. The summed E-state index contributed by atoms with van der Waals surface area (Å²) >= 11 is 3.45. The zero-order valence-electron chi connectivity index (χ0n) is 8.64. The summed E-state index contributed by atoms with van der Waals surface area (Å²) in [5.74, 6) is 0. The molecule has 0 aliphatic carbocycles. The minimum absolute atomic E-state index is 0.835. The Bertz CT molecular complexity index is 634. The number of furan rings is 1. The maximum absolute atomic E-state index is 5.52. The highest BCUT2D eigenvalue weighted by molar-refractivity contribution is 9.10. The third kappa shape index (κ3) is 1.30. The van der Waals surface area contributed by atoms with Gasteiger partial charge in [0.15, 0.2) is 0 Å². The van der Waals surface area contributed by atoms with Crippen molar-refractivity contribution in [2.75, 3.05) is 0 Å². The van der Waals surface area contributed by atoms with Crippen LogP contribution < -0.4 is 0 Å². The molecule has 0 aliphatic heterocycles. The van der Waals surface area contributed by atoms with Crippen LogP contribution in [0.5, 0.6) is 0 Å². The summed E-state index contributed by atoms with van der Waals surface area (Å²) in [6, 6.07) is 7.98. The van der Waals surface area contributed by atoms with Gasteiger partial charge >= 0.3 is 0 Å². The first-order chi connectivity index (χ1) is 7.77. The second-order valence-corrected chi connectivity index (χ2v) is 4.39. The molecule has 3 rings (SSSR count). The van der Waals surface area contributed by atoms with E-state index in [0.29, 0.717) is 0 Å². The second kappa shape index (κ2) is 3.49. The average molecular weight is 277 g/mol. The van der Waals surface area contributed by atoms with Crippen LogP contribution in [-0.4, -0.2) is 9.55 Å². The van der Waals surface area contributed by atoms with Crippen molar-refractivity contribution in [2.24, 2.45) is 7.05 Å². The fourth-order valence-electron chi connectivity index (χ4n) is 1.86. The van der Waals surface area contributed by atoms with Crippen LogP contribution in [0, 0.1) is 0 Å². The first kappa shape index (κ1) is 9.66. The van der Waals surface area contributed by atoms with Crippen molar-refractivity contribution >= 4 is 26.9 Å². The SMILES string of the molecule is Cn1cnc(Br)c1-c1coc2ccccc12. The minimum atomic E-state index is 0.835. The van der Waals surface area contributed by atoms with Gasteiger partial charge in [-0.3, -0.25) is 0 Å². The second-order valence-electron chi connectivity index (χ2n) is 3.64. The molecule has 2 aromatic heterocycles. The molecule has 0 saturated carbocycles. The lowest BCUT2D eigenvalue weighted by Gasteiger charge is -2.00. The summed E-state index contributed by atoms with van der Waals surface area (Å²) in [7, 11) is 1.97. The summed E-state index contributed by atoms with van der Waals surface area (Å²) < 4.78 is 8.33. The number of rotatable bonds is 1. The normalized spacial score (nSPS) is 11.1. The fourth-order valence-corrected chi connectivity index (χ4v) is 2.45. The van der Waals surface area contributed by atoms with Crippen molar-refractivity contribution in [3.8, 4) is 11.3 Å². The van der Waals surface area contributed by atoms with Gasteiger partial charge in [0.1, 0.15) is 16.4 Å². The highest BCUT2D eigenvalue weighted by Gasteiger charge is 2.14. The first-order valence-corrected chi connectivity index (χ1v) is 5.70. The largest absolute Gasteiger partial charge is 0.464 e. The Labute approximate surface area is 101 Å². The molecule has 3 nitrogen and oxygen atoms in total. The van der Waals surface area contributed by atoms with E-state index in [9.17, 15) is 0 Å². The number of fused-ring (bicyclic) bond motifs is 1. The monoisotopic (exact) mass is 276 g/mol. The lowest BCUT2D eigenvalue weighted by atomic mass is 10.1. The molecule has 0 bridgehead atoms. The van der Waals surface area contributed by atoms with E-state index in [1.807, 2.05) is 35.9 Å². The van der Waals surface area contributed by atoms with Crippen LogP contribution in [0.25, 0.3) is 22.2 Å². The summed E-state index contributed by atoms with van der Waals surface area (Å²) in [6.07, 6.45) is 3.55. The first-order valence-electron chi connectivity index (χ1n) is 4.91. The fraction of sp³-hybridized carbons (Fsp3) is 0.0833. The third-order valence-corrected chi connectivity index (χ3v) is 3.21. The highest BCUT2D eigenvalue weighted by atomic mass is 79.9. The summed E-state index contributed by atoms with van der Waals surface area (Å²) in [5, 5.41) is 1.10. The van der Waals surface area contributed by atoms with Crippen LogP contribution in [-0.2, 0) is 7.05 Å². The van der Waals surface area contributed by atoms with Crippen molar-refractivity contribution in [3.63, 3.8) is 0 Å². The molecular formula is C12H9BrN2O. The molecular weight excluding hydrogens is 268 g/mol. The van der Waals surface area contributed by atoms with Crippen LogP contribution in [0.2, 0.25) is 0 Å². The Kier molecular flexibility index (Phi) is 2.11. The lowest BCUT2D eigenvalue weighted by molar-refractivity contribution is 0.616. The van der Waals surface area contributed by atoms with Crippen molar-refractivity contribution in [1.29, 1.82) is 0 Å². The van der Waals surface area contributed by atoms with Crippen molar-refractivity contribution in [3.05, 3.63) is 41.5 Å². The minimum Gasteiger partial charge on any atom is -0.464 e. The number of hydrogen-bond acceptors (Lipinski definition) is 2. The summed E-state index contributed by atoms with van der Waals surface area (Å²) in [5.41, 5.74) is 2.98. The molecule has 0 unspecified atom stereocenters. The van der Waals surface area contributed by atoms with E-state index >= 15 is 0 Å². The molecule has 0 fully saturated rings. The van der Waals surface area contributed by atoms with E-state index in [0.717, 1.165) is 26.8 Å². The maximum Gasteiger partial charge on any atom is 0.134 e. The van der Waals surface area contributed by atoms with Gasteiger partial charge < -0.3 is 8.98 Å². The number of halogens is 1. The average Bonchev–Trinajstić information content (AvgIpc) is 2.83. The van der Waals surface area contributed by atoms with Gasteiger partial charge in [0, 0.05) is 18.0 Å². The number of imidazole rings is 1. The van der Waals surface area contributed by atoms with Gasteiger partial charge in [0.05, 0.1) is 12.0 Å². The van der Waals surface area contributed by atoms with Gasteiger partial charge in [0.25, 0.3) is 0 Å². The molecule has 1 aromatic carbocycles. The molecule has 0 aliphatic rings. The molecule has 16 heavy (non-hydrogen) atoms. The van der Waals surface area contributed by atoms with Gasteiger partial charge in [-0.05, 0) is 22.0 Å². The highest BCUT2D eigenvalue weighted by Crippen LogP contribution is 2.33. The number of benzene rings is 1. The molecule has 3 aromatic rings. The van der Waals surface area contributed by atoms with E-state index in [1.54, 1.807) is 12.6 Å². The molecule has 4 heteroatoms. The van der Waals surface area contributed by atoms with E-state index in [-0.39, 0.29) is 0 Å². The van der Waals surface area contributed by atoms with Crippen LogP contribution in [0.3, 0.4) is 0 Å². The number of aromatic nitrogens is 2. The van der Waals surface area contributed by atoms with Crippen molar-refractivity contribution in [2.45, 2.75) is 0 Å². The lowest BCUT2D eigenvalue weighted by Crippen LogP contribution is -1.88. The Morgan fingerprint density at radius 3 is 2.88 bits per heavy atom. The van der Waals surface area contributed by atoms with Crippen molar-refractivity contribution in [1.82, 2.24) is 9.55 Å². The summed E-state index contributed by atoms with van der Waals surface area (Å²) in [4.78, 5) is 4.22. The van der Waals surface area contributed by atoms with Gasteiger partial charge in [-0.1, -0.05) is 18.2 Å². The number of aryl methyl sites for hydroxylation is 1. The molecule has 80 valence electrons. The van der Waals surface area contributed by atoms with Crippen LogP contribution in [0.1, 0.15) is 0 Å². The number of nitrogens with zero attached hydrogens (tertiary/aromatic N) is 2. The predicted octanol–water partition coefficient (Wildman–Crippen LogP) is 3.60. The van der Waals surface area contributed by atoms with E-state index in [2.05, 4.69) is 20.9 Å². The smallest absolute Gasteiger partial charge is 0.134 e. The summed E-state index contributed by atoms with van der Waals surface area (Å²) in [6.45, 7) is 0. The van der Waals surface area contributed by atoms with Crippen LogP contribution in [0.4, 0.5) is 0 Å². The predicted molar refractivity (Wildman–Crippen MR) is 66.1 cm³/mol. The third-order valence-electron chi connectivity index (χ3n) is 2.63. The topological polar surface area (TPSA) is 31.0 Å². The Morgan fingerprint density at radius 1 is 1.31 bits per heavy atom. The molecule has 0 spiro atoms.